The molecule has 9 heteroatoms. The molecule has 9 nitrogen and oxygen atoms in total. The molecule has 32 heavy (non-hydrogen) atoms. The molecule has 0 saturated carbocycles. The van der Waals surface area contributed by atoms with Crippen LogP contribution < -0.4 is 24.4 Å². The van der Waals surface area contributed by atoms with Gasteiger partial charge in [0.2, 0.25) is 5.88 Å². The summed E-state index contributed by atoms with van der Waals surface area (Å²) >= 11 is 0. The van der Waals surface area contributed by atoms with Crippen LogP contribution in [0.4, 0.5) is 16.2 Å². The summed E-state index contributed by atoms with van der Waals surface area (Å²) in [4.78, 5) is 19.5. The van der Waals surface area contributed by atoms with Gasteiger partial charge in [-0.05, 0) is 25.0 Å². The van der Waals surface area contributed by atoms with Crippen molar-refractivity contribution in [2.24, 2.45) is 0 Å². The summed E-state index contributed by atoms with van der Waals surface area (Å²) in [5.41, 5.74) is 3.19. The summed E-state index contributed by atoms with van der Waals surface area (Å²) in [6.07, 6.45) is 1.78. The van der Waals surface area contributed by atoms with E-state index in [1.54, 1.807) is 20.3 Å². The third kappa shape index (κ3) is 5.05. The lowest BCUT2D eigenvalue weighted by Crippen LogP contribution is -2.60. The number of aryl methyl sites for hydroxylation is 2. The van der Waals surface area contributed by atoms with Crippen molar-refractivity contribution in [3.63, 3.8) is 0 Å². The minimum absolute atomic E-state index is 0.119. The zero-order valence-corrected chi connectivity index (χ0v) is 19.4. The molecule has 0 atom stereocenters. The first-order chi connectivity index (χ1) is 15.3. The fraction of sp³-hybridized carbons (Fsp3) is 0.478. The Bertz CT molecular complexity index is 935. The average molecular weight is 445 g/mol. The SMILES string of the molecule is CCCc1nc(OC)c(NC(=O)[N+]2([O-])CCN(c3cc(OC)cc(OC)c3)CC2)cc1C. The van der Waals surface area contributed by atoms with Gasteiger partial charge in [-0.15, -0.1) is 0 Å². The smallest absolute Gasteiger partial charge is 0.421 e. The number of nitrogens with one attached hydrogen (secondary N) is 1. The van der Waals surface area contributed by atoms with Crippen molar-refractivity contribution in [3.8, 4) is 17.4 Å². The zero-order chi connectivity index (χ0) is 23.3. The van der Waals surface area contributed by atoms with Crippen LogP contribution in [-0.4, -0.2) is 63.2 Å². The number of hydrogen-bond acceptors (Lipinski definition) is 7. The summed E-state index contributed by atoms with van der Waals surface area (Å²) in [6.45, 7) is 5.11. The number of anilines is 2. The molecule has 1 saturated heterocycles. The number of methoxy groups -OCH3 is 3. The van der Waals surface area contributed by atoms with Gasteiger partial charge < -0.3 is 24.3 Å². The predicted octanol–water partition coefficient (Wildman–Crippen LogP) is 3.74. The van der Waals surface area contributed by atoms with E-state index in [1.807, 2.05) is 25.1 Å². The molecule has 174 valence electrons. The van der Waals surface area contributed by atoms with Crippen molar-refractivity contribution < 1.29 is 23.7 Å². The van der Waals surface area contributed by atoms with Crippen LogP contribution in [0.2, 0.25) is 0 Å². The number of aromatic nitrogens is 1. The van der Waals surface area contributed by atoms with Crippen molar-refractivity contribution >= 4 is 17.4 Å². The second kappa shape index (κ2) is 10.1. The monoisotopic (exact) mass is 444 g/mol. The molecule has 1 fully saturated rings. The Hall–Kier alpha value is -3.04. The van der Waals surface area contributed by atoms with Crippen molar-refractivity contribution in [1.82, 2.24) is 4.98 Å². The van der Waals surface area contributed by atoms with E-state index in [9.17, 15) is 10.0 Å². The van der Waals surface area contributed by atoms with E-state index in [0.717, 1.165) is 29.8 Å². The Morgan fingerprint density at radius 3 is 2.25 bits per heavy atom. The number of rotatable bonds is 7. The second-order valence-electron chi connectivity index (χ2n) is 7.88. The molecule has 2 amide bonds. The van der Waals surface area contributed by atoms with Gasteiger partial charge in [0, 0.05) is 29.6 Å². The van der Waals surface area contributed by atoms with E-state index >= 15 is 0 Å². The number of carbonyl (C=O) groups excluding carboxylic acids is 1. The third-order valence-corrected chi connectivity index (χ3v) is 5.74. The third-order valence-electron chi connectivity index (χ3n) is 5.74. The van der Waals surface area contributed by atoms with Crippen LogP contribution in [0.3, 0.4) is 0 Å². The Labute approximate surface area is 189 Å². The molecule has 0 aliphatic carbocycles. The summed E-state index contributed by atoms with van der Waals surface area (Å²) in [5.74, 6) is 1.67. The number of piperazine rings is 1. The number of hydrogen-bond donors (Lipinski definition) is 1. The number of pyridine rings is 1. The van der Waals surface area contributed by atoms with Gasteiger partial charge in [-0.25, -0.2) is 9.78 Å². The van der Waals surface area contributed by atoms with E-state index in [4.69, 9.17) is 14.2 Å². The molecular formula is C23H32N4O5. The highest BCUT2D eigenvalue weighted by molar-refractivity contribution is 5.86. The lowest BCUT2D eigenvalue weighted by molar-refractivity contribution is -0.797. The molecule has 2 aromatic rings. The number of hydroxylamine groups is 3. The number of nitrogens with zero attached hydrogens (tertiary/aromatic N) is 3. The van der Waals surface area contributed by atoms with Gasteiger partial charge in [-0.3, -0.25) is 9.96 Å². The van der Waals surface area contributed by atoms with Gasteiger partial charge in [0.1, 0.15) is 30.3 Å². The Balaban J connectivity index is 1.72. The number of quaternary nitrogens is 1. The number of ether oxygens (including phenoxy) is 3. The Morgan fingerprint density at radius 2 is 1.72 bits per heavy atom. The first-order valence-corrected chi connectivity index (χ1v) is 10.8. The van der Waals surface area contributed by atoms with Gasteiger partial charge in [0.25, 0.3) is 0 Å². The lowest BCUT2D eigenvalue weighted by Gasteiger charge is -2.45. The summed E-state index contributed by atoms with van der Waals surface area (Å²) in [6, 6.07) is 6.79. The molecule has 0 radical (unpaired) electrons. The van der Waals surface area contributed by atoms with Crippen LogP contribution in [0.15, 0.2) is 24.3 Å². The summed E-state index contributed by atoms with van der Waals surface area (Å²) < 4.78 is 15.1. The van der Waals surface area contributed by atoms with Gasteiger partial charge in [-0.2, -0.15) is 0 Å². The first-order valence-electron chi connectivity index (χ1n) is 10.8. The number of carbonyl (C=O) groups is 1. The quantitative estimate of drug-likeness (QED) is 0.513. The Kier molecular flexibility index (Phi) is 7.42. The zero-order valence-electron chi connectivity index (χ0n) is 19.4. The average Bonchev–Trinajstić information content (AvgIpc) is 2.80. The molecule has 2 heterocycles. The molecule has 1 aromatic carbocycles. The van der Waals surface area contributed by atoms with Crippen LogP contribution in [0.25, 0.3) is 0 Å². The van der Waals surface area contributed by atoms with Gasteiger partial charge in [0.15, 0.2) is 0 Å². The van der Waals surface area contributed by atoms with Crippen molar-refractivity contribution in [3.05, 3.63) is 40.7 Å². The summed E-state index contributed by atoms with van der Waals surface area (Å²) in [7, 11) is 4.70. The topological polar surface area (TPSA) is 96.0 Å². The molecule has 0 spiro atoms. The highest BCUT2D eigenvalue weighted by Crippen LogP contribution is 2.31. The molecule has 0 bridgehead atoms. The number of amides is 2. The minimum Gasteiger partial charge on any atom is -0.624 e. The maximum absolute atomic E-state index is 13.3. The van der Waals surface area contributed by atoms with Crippen LogP contribution in [0.5, 0.6) is 17.4 Å². The molecule has 1 N–H and O–H groups in total. The molecule has 1 aliphatic rings. The van der Waals surface area contributed by atoms with Crippen LogP contribution in [0.1, 0.15) is 24.6 Å². The van der Waals surface area contributed by atoms with E-state index in [0.29, 0.717) is 36.2 Å². The van der Waals surface area contributed by atoms with Crippen molar-refractivity contribution in [1.29, 1.82) is 0 Å². The van der Waals surface area contributed by atoms with E-state index in [1.165, 1.54) is 7.11 Å². The molecule has 0 unspecified atom stereocenters. The maximum atomic E-state index is 13.3. The minimum atomic E-state index is -0.962. The molecule has 1 aromatic heterocycles. The molecule has 1 aliphatic heterocycles. The maximum Gasteiger partial charge on any atom is 0.421 e. The van der Waals surface area contributed by atoms with E-state index < -0.39 is 10.7 Å². The molecule has 3 rings (SSSR count). The lowest BCUT2D eigenvalue weighted by atomic mass is 10.1. The normalized spacial score (nSPS) is 15.2. The predicted molar refractivity (Wildman–Crippen MR) is 124 cm³/mol. The first kappa shape index (κ1) is 23.6. The highest BCUT2D eigenvalue weighted by Gasteiger charge is 2.34. The van der Waals surface area contributed by atoms with Crippen molar-refractivity contribution in [2.75, 3.05) is 57.7 Å². The van der Waals surface area contributed by atoms with Gasteiger partial charge in [-0.1, -0.05) is 13.3 Å². The number of benzene rings is 1. The molecular weight excluding hydrogens is 412 g/mol. The van der Waals surface area contributed by atoms with Crippen LogP contribution in [0, 0.1) is 12.1 Å². The van der Waals surface area contributed by atoms with Gasteiger partial charge in [0.05, 0.1) is 34.4 Å². The highest BCUT2D eigenvalue weighted by atomic mass is 16.6. The largest absolute Gasteiger partial charge is 0.624 e. The fourth-order valence-electron chi connectivity index (χ4n) is 3.81. The standard InChI is InChI=1S/C23H32N4O5/c1-6-7-20-16(2)12-21(22(24-20)32-5)25-23(28)27(29)10-8-26(9-11-27)17-13-18(30-3)15-19(14-17)31-4/h12-15H,6-11H2,1-5H3,(H,25,28). The Morgan fingerprint density at radius 1 is 1.09 bits per heavy atom. The summed E-state index contributed by atoms with van der Waals surface area (Å²) in [5, 5.41) is 16.0. The van der Waals surface area contributed by atoms with Crippen LogP contribution in [-0.2, 0) is 6.42 Å². The van der Waals surface area contributed by atoms with Crippen molar-refractivity contribution in [2.45, 2.75) is 26.7 Å². The van der Waals surface area contributed by atoms with Crippen LogP contribution >= 0.6 is 0 Å². The number of urea groups is 1. The van der Waals surface area contributed by atoms with E-state index in [2.05, 4.69) is 22.1 Å². The fourth-order valence-corrected chi connectivity index (χ4v) is 3.81. The van der Waals surface area contributed by atoms with E-state index in [-0.39, 0.29) is 13.1 Å². The van der Waals surface area contributed by atoms with Gasteiger partial charge >= 0.3 is 6.03 Å². The second-order valence-corrected chi connectivity index (χ2v) is 7.88.